The molecular formula is C10H14BrClFN. The second-order valence-corrected chi connectivity index (χ2v) is 3.83. The zero-order valence-electron chi connectivity index (χ0n) is 7.97. The van der Waals surface area contributed by atoms with Crippen molar-refractivity contribution in [2.24, 2.45) is 5.73 Å². The molecule has 0 saturated carbocycles. The fraction of sp³-hybridized carbons (Fsp3) is 0.400. The van der Waals surface area contributed by atoms with Crippen LogP contribution in [0.3, 0.4) is 0 Å². The van der Waals surface area contributed by atoms with Crippen LogP contribution in [-0.4, -0.2) is 0 Å². The third kappa shape index (κ3) is 3.23. The number of hydrogen-bond acceptors (Lipinski definition) is 1. The van der Waals surface area contributed by atoms with Crippen molar-refractivity contribution >= 4 is 28.3 Å². The monoisotopic (exact) mass is 281 g/mol. The van der Waals surface area contributed by atoms with Gasteiger partial charge in [0.1, 0.15) is 5.82 Å². The zero-order chi connectivity index (χ0) is 9.84. The highest BCUT2D eigenvalue weighted by atomic mass is 79.9. The van der Waals surface area contributed by atoms with Crippen molar-refractivity contribution in [2.45, 2.75) is 25.8 Å². The van der Waals surface area contributed by atoms with E-state index in [-0.39, 0.29) is 24.3 Å². The summed E-state index contributed by atoms with van der Waals surface area (Å²) in [6, 6.07) is 4.89. The number of rotatable bonds is 3. The van der Waals surface area contributed by atoms with Crippen molar-refractivity contribution in [3.63, 3.8) is 0 Å². The molecule has 0 amide bonds. The number of halogens is 3. The summed E-state index contributed by atoms with van der Waals surface area (Å²) in [5.74, 6) is -0.246. The molecule has 0 bridgehead atoms. The summed E-state index contributed by atoms with van der Waals surface area (Å²) < 4.78 is 13.6. The molecule has 0 saturated heterocycles. The summed E-state index contributed by atoms with van der Waals surface area (Å²) in [5, 5.41) is 0. The van der Waals surface area contributed by atoms with Gasteiger partial charge in [0.05, 0.1) is 4.47 Å². The Kier molecular flexibility index (Phi) is 6.33. The van der Waals surface area contributed by atoms with Crippen LogP contribution >= 0.6 is 28.3 Å². The zero-order valence-corrected chi connectivity index (χ0v) is 10.4. The van der Waals surface area contributed by atoms with E-state index in [1.165, 1.54) is 6.07 Å². The van der Waals surface area contributed by atoms with Crippen molar-refractivity contribution in [3.05, 3.63) is 34.1 Å². The molecule has 1 aromatic rings. The molecule has 0 spiro atoms. The Morgan fingerprint density at radius 1 is 1.50 bits per heavy atom. The molecule has 1 atom stereocenters. The minimum atomic E-state index is -0.246. The van der Waals surface area contributed by atoms with Crippen LogP contribution in [0.15, 0.2) is 22.7 Å². The Labute approximate surface area is 98.4 Å². The van der Waals surface area contributed by atoms with Crippen molar-refractivity contribution in [1.82, 2.24) is 0 Å². The Balaban J connectivity index is 0.00000169. The Morgan fingerprint density at radius 3 is 2.71 bits per heavy atom. The summed E-state index contributed by atoms with van der Waals surface area (Å²) in [6.07, 6.45) is 1.88. The van der Waals surface area contributed by atoms with Gasteiger partial charge in [0.2, 0.25) is 0 Å². The van der Waals surface area contributed by atoms with Gasteiger partial charge in [-0.15, -0.1) is 12.4 Å². The van der Waals surface area contributed by atoms with Crippen LogP contribution < -0.4 is 5.73 Å². The van der Waals surface area contributed by atoms with E-state index >= 15 is 0 Å². The number of hydrogen-bond donors (Lipinski definition) is 1. The lowest BCUT2D eigenvalue weighted by molar-refractivity contribution is 0.597. The van der Waals surface area contributed by atoms with Crippen LogP contribution in [0.1, 0.15) is 31.4 Å². The van der Waals surface area contributed by atoms with Crippen LogP contribution in [-0.2, 0) is 0 Å². The fourth-order valence-electron chi connectivity index (χ4n) is 1.27. The lowest BCUT2D eigenvalue weighted by atomic mass is 10.0. The van der Waals surface area contributed by atoms with E-state index in [0.717, 1.165) is 18.4 Å². The third-order valence-corrected chi connectivity index (χ3v) is 2.82. The first-order valence-corrected chi connectivity index (χ1v) is 5.15. The molecule has 14 heavy (non-hydrogen) atoms. The fourth-order valence-corrected chi connectivity index (χ4v) is 1.83. The van der Waals surface area contributed by atoms with Crippen LogP contribution in [0.25, 0.3) is 0 Å². The highest BCUT2D eigenvalue weighted by Crippen LogP contribution is 2.26. The maximum absolute atomic E-state index is 13.1. The molecule has 0 aliphatic carbocycles. The maximum Gasteiger partial charge on any atom is 0.137 e. The normalized spacial score (nSPS) is 12.0. The molecule has 0 heterocycles. The van der Waals surface area contributed by atoms with Gasteiger partial charge in [-0.1, -0.05) is 25.5 Å². The maximum atomic E-state index is 13.1. The van der Waals surface area contributed by atoms with E-state index in [4.69, 9.17) is 5.73 Å². The molecule has 4 heteroatoms. The molecule has 0 fully saturated rings. The summed E-state index contributed by atoms with van der Waals surface area (Å²) in [4.78, 5) is 0. The lowest BCUT2D eigenvalue weighted by Crippen LogP contribution is -2.10. The van der Waals surface area contributed by atoms with Gasteiger partial charge in [-0.3, -0.25) is 0 Å². The SMILES string of the molecule is CCC[C@@H](N)c1cccc(F)c1Br.Cl. The highest BCUT2D eigenvalue weighted by Gasteiger charge is 2.11. The van der Waals surface area contributed by atoms with Crippen molar-refractivity contribution in [1.29, 1.82) is 0 Å². The smallest absolute Gasteiger partial charge is 0.137 e. The van der Waals surface area contributed by atoms with Crippen molar-refractivity contribution in [3.8, 4) is 0 Å². The minimum absolute atomic E-state index is 0. The van der Waals surface area contributed by atoms with E-state index in [1.807, 2.05) is 6.07 Å². The van der Waals surface area contributed by atoms with Crippen molar-refractivity contribution < 1.29 is 4.39 Å². The van der Waals surface area contributed by atoms with Crippen LogP contribution in [0.5, 0.6) is 0 Å². The molecule has 2 N–H and O–H groups in total. The van der Waals surface area contributed by atoms with Crippen LogP contribution in [0.2, 0.25) is 0 Å². The molecule has 1 aromatic carbocycles. The summed E-state index contributed by atoms with van der Waals surface area (Å²) in [7, 11) is 0. The molecule has 0 unspecified atom stereocenters. The molecule has 0 aliphatic heterocycles. The third-order valence-electron chi connectivity index (χ3n) is 1.98. The summed E-state index contributed by atoms with van der Waals surface area (Å²) >= 11 is 3.20. The van der Waals surface area contributed by atoms with E-state index in [1.54, 1.807) is 6.07 Å². The van der Waals surface area contributed by atoms with Gasteiger partial charge in [-0.05, 0) is 34.0 Å². The van der Waals surface area contributed by atoms with E-state index < -0.39 is 0 Å². The van der Waals surface area contributed by atoms with E-state index in [9.17, 15) is 4.39 Å². The molecular weight excluding hydrogens is 268 g/mol. The molecule has 80 valence electrons. The summed E-state index contributed by atoms with van der Waals surface area (Å²) in [5.41, 5.74) is 6.73. The molecule has 0 aliphatic rings. The Morgan fingerprint density at radius 2 is 2.14 bits per heavy atom. The summed E-state index contributed by atoms with van der Waals surface area (Å²) in [6.45, 7) is 2.06. The number of benzene rings is 1. The van der Waals surface area contributed by atoms with E-state index in [0.29, 0.717) is 4.47 Å². The molecule has 0 aromatic heterocycles. The standard InChI is InChI=1S/C10H13BrFN.ClH/c1-2-4-9(13)7-5-3-6-8(12)10(7)11;/h3,5-6,9H,2,4,13H2,1H3;1H/t9-;/m1./s1. The lowest BCUT2D eigenvalue weighted by Gasteiger charge is -2.12. The topological polar surface area (TPSA) is 26.0 Å². The largest absolute Gasteiger partial charge is 0.324 e. The van der Waals surface area contributed by atoms with Gasteiger partial charge in [0.15, 0.2) is 0 Å². The van der Waals surface area contributed by atoms with Gasteiger partial charge in [0, 0.05) is 6.04 Å². The first kappa shape index (κ1) is 13.9. The Hall–Kier alpha value is -0.120. The van der Waals surface area contributed by atoms with Crippen LogP contribution in [0.4, 0.5) is 4.39 Å². The molecule has 1 nitrogen and oxygen atoms in total. The first-order chi connectivity index (χ1) is 6.16. The van der Waals surface area contributed by atoms with Gasteiger partial charge in [-0.2, -0.15) is 0 Å². The minimum Gasteiger partial charge on any atom is -0.324 e. The quantitative estimate of drug-likeness (QED) is 0.896. The number of nitrogens with two attached hydrogens (primary N) is 1. The average molecular weight is 283 g/mol. The van der Waals surface area contributed by atoms with Gasteiger partial charge < -0.3 is 5.73 Å². The first-order valence-electron chi connectivity index (χ1n) is 4.36. The van der Waals surface area contributed by atoms with Gasteiger partial charge in [-0.25, -0.2) is 4.39 Å². The molecule has 0 radical (unpaired) electrons. The second-order valence-electron chi connectivity index (χ2n) is 3.04. The highest BCUT2D eigenvalue weighted by molar-refractivity contribution is 9.10. The molecule has 1 rings (SSSR count). The van der Waals surface area contributed by atoms with Gasteiger partial charge in [0.25, 0.3) is 0 Å². The van der Waals surface area contributed by atoms with Crippen molar-refractivity contribution in [2.75, 3.05) is 0 Å². The Bertz CT molecular complexity index is 293. The average Bonchev–Trinajstić information content (AvgIpc) is 2.10. The second kappa shape index (κ2) is 6.38. The predicted molar refractivity (Wildman–Crippen MR) is 63.2 cm³/mol. The van der Waals surface area contributed by atoms with Crippen LogP contribution in [0, 0.1) is 5.82 Å². The predicted octanol–water partition coefficient (Wildman–Crippen LogP) is 3.81. The van der Waals surface area contributed by atoms with Gasteiger partial charge >= 0.3 is 0 Å². The van der Waals surface area contributed by atoms with E-state index in [2.05, 4.69) is 22.9 Å².